The Hall–Kier alpha value is -1.60. The van der Waals surface area contributed by atoms with E-state index in [1.165, 1.54) is 18.3 Å². The van der Waals surface area contributed by atoms with Gasteiger partial charge < -0.3 is 9.84 Å². The molecule has 0 fully saturated rings. The van der Waals surface area contributed by atoms with E-state index in [9.17, 15) is 13.2 Å². The molecule has 112 valence electrons. The van der Waals surface area contributed by atoms with Crippen LogP contribution >= 0.6 is 15.9 Å². The van der Waals surface area contributed by atoms with Crippen LogP contribution in [0.15, 0.2) is 41.0 Å². The Labute approximate surface area is 127 Å². The Balaban J connectivity index is 2.27. The Morgan fingerprint density at radius 3 is 2.43 bits per heavy atom. The number of aliphatic hydroxyl groups is 1. The van der Waals surface area contributed by atoms with Gasteiger partial charge in [0, 0.05) is 17.3 Å². The highest BCUT2D eigenvalue weighted by atomic mass is 79.9. The van der Waals surface area contributed by atoms with E-state index >= 15 is 0 Å². The zero-order valence-electron chi connectivity index (χ0n) is 10.7. The molecule has 2 aromatic rings. The summed E-state index contributed by atoms with van der Waals surface area (Å²) in [5.41, 5.74) is -0.0824. The lowest BCUT2D eigenvalue weighted by Crippen LogP contribution is -2.08. The Morgan fingerprint density at radius 1 is 1.19 bits per heavy atom. The number of aliphatic hydroxyl groups excluding tert-OH is 1. The van der Waals surface area contributed by atoms with E-state index in [1.807, 2.05) is 0 Å². The molecule has 0 aliphatic carbocycles. The van der Waals surface area contributed by atoms with Crippen molar-refractivity contribution < 1.29 is 23.0 Å². The van der Waals surface area contributed by atoms with Crippen LogP contribution in [0.2, 0.25) is 0 Å². The van der Waals surface area contributed by atoms with Crippen molar-refractivity contribution in [2.24, 2.45) is 0 Å². The van der Waals surface area contributed by atoms with E-state index in [2.05, 4.69) is 20.9 Å². The second kappa shape index (κ2) is 6.44. The van der Waals surface area contributed by atoms with Crippen LogP contribution in [0.5, 0.6) is 11.6 Å². The van der Waals surface area contributed by atoms with Gasteiger partial charge in [0.25, 0.3) is 0 Å². The molecule has 0 unspecified atom stereocenters. The molecule has 7 heteroatoms. The summed E-state index contributed by atoms with van der Waals surface area (Å²) in [4.78, 5) is 3.67. The predicted molar refractivity (Wildman–Crippen MR) is 74.2 cm³/mol. The summed E-state index contributed by atoms with van der Waals surface area (Å²) in [5.74, 6) is -0.252. The smallest absolute Gasteiger partial charge is 0.421 e. The van der Waals surface area contributed by atoms with Crippen LogP contribution in [-0.2, 0) is 12.6 Å². The molecular formula is C14H11BrF3NO2. The van der Waals surface area contributed by atoms with Crippen LogP contribution in [0, 0.1) is 0 Å². The lowest BCUT2D eigenvalue weighted by Gasteiger charge is -2.13. The van der Waals surface area contributed by atoms with E-state index < -0.39 is 17.6 Å². The van der Waals surface area contributed by atoms with Gasteiger partial charge in [-0.25, -0.2) is 4.98 Å². The number of hydrogen-bond acceptors (Lipinski definition) is 3. The molecule has 1 heterocycles. The maximum atomic E-state index is 12.9. The van der Waals surface area contributed by atoms with Crippen molar-refractivity contribution >= 4 is 15.9 Å². The summed E-state index contributed by atoms with van der Waals surface area (Å²) in [6.07, 6.45) is -2.84. The molecule has 0 atom stereocenters. The van der Waals surface area contributed by atoms with Crippen molar-refractivity contribution in [3.8, 4) is 11.6 Å². The van der Waals surface area contributed by atoms with E-state index in [-0.39, 0.29) is 16.8 Å². The molecule has 0 saturated heterocycles. The van der Waals surface area contributed by atoms with Gasteiger partial charge >= 0.3 is 6.18 Å². The van der Waals surface area contributed by atoms with Gasteiger partial charge in [-0.15, -0.1) is 0 Å². The van der Waals surface area contributed by atoms with Crippen molar-refractivity contribution in [1.29, 1.82) is 0 Å². The molecule has 1 aromatic heterocycles. The Morgan fingerprint density at radius 2 is 1.86 bits per heavy atom. The average molecular weight is 362 g/mol. The number of hydrogen-bond donors (Lipinski definition) is 1. The summed E-state index contributed by atoms with van der Waals surface area (Å²) in [6.45, 7) is 0.00664. The minimum atomic E-state index is -4.55. The summed E-state index contributed by atoms with van der Waals surface area (Å²) >= 11 is 2.96. The molecule has 1 N–H and O–H groups in total. The Kier molecular flexibility index (Phi) is 4.84. The first kappa shape index (κ1) is 15.8. The number of nitrogens with zero attached hydrogens (tertiary/aromatic N) is 1. The van der Waals surface area contributed by atoms with Crippen molar-refractivity contribution in [2.75, 3.05) is 6.61 Å². The normalized spacial score (nSPS) is 11.5. The van der Waals surface area contributed by atoms with Gasteiger partial charge in [-0.1, -0.05) is 12.1 Å². The summed E-state index contributed by atoms with van der Waals surface area (Å²) in [5, 5.41) is 8.81. The highest BCUT2D eigenvalue weighted by molar-refractivity contribution is 9.10. The van der Waals surface area contributed by atoms with E-state index in [0.29, 0.717) is 6.42 Å². The summed E-state index contributed by atoms with van der Waals surface area (Å²) in [7, 11) is 0. The first-order chi connectivity index (χ1) is 9.90. The molecule has 2 rings (SSSR count). The van der Waals surface area contributed by atoms with Crippen LogP contribution < -0.4 is 4.74 Å². The number of pyridine rings is 1. The van der Waals surface area contributed by atoms with Crippen molar-refractivity contribution in [1.82, 2.24) is 4.98 Å². The number of halogens is 4. The van der Waals surface area contributed by atoms with Gasteiger partial charge in [0.15, 0.2) is 0 Å². The average Bonchev–Trinajstić information content (AvgIpc) is 2.42. The summed E-state index contributed by atoms with van der Waals surface area (Å²) in [6, 6.07) is 7.35. The zero-order valence-corrected chi connectivity index (χ0v) is 12.3. The zero-order chi connectivity index (χ0) is 15.5. The largest absolute Gasteiger partial charge is 0.438 e. The molecule has 0 spiro atoms. The van der Waals surface area contributed by atoms with Crippen molar-refractivity contribution in [2.45, 2.75) is 12.6 Å². The van der Waals surface area contributed by atoms with Gasteiger partial charge in [-0.2, -0.15) is 13.2 Å². The molecule has 0 bridgehead atoms. The van der Waals surface area contributed by atoms with E-state index in [4.69, 9.17) is 9.84 Å². The maximum absolute atomic E-state index is 12.9. The van der Waals surface area contributed by atoms with E-state index in [0.717, 1.165) is 11.6 Å². The molecule has 0 aliphatic heterocycles. The fourth-order valence-electron chi connectivity index (χ4n) is 1.68. The minimum Gasteiger partial charge on any atom is -0.438 e. The van der Waals surface area contributed by atoms with Crippen molar-refractivity contribution in [3.05, 3.63) is 52.1 Å². The monoisotopic (exact) mass is 361 g/mol. The number of alkyl halides is 3. The van der Waals surface area contributed by atoms with Crippen LogP contribution in [0.3, 0.4) is 0 Å². The minimum absolute atomic E-state index is 0.00664. The maximum Gasteiger partial charge on any atom is 0.421 e. The summed E-state index contributed by atoms with van der Waals surface area (Å²) < 4.78 is 44.2. The number of benzene rings is 1. The topological polar surface area (TPSA) is 42.4 Å². The quantitative estimate of drug-likeness (QED) is 0.887. The van der Waals surface area contributed by atoms with Crippen LogP contribution in [-0.4, -0.2) is 16.7 Å². The Bertz CT molecular complexity index is 615. The molecule has 1 aromatic carbocycles. The molecular weight excluding hydrogens is 351 g/mol. The number of rotatable bonds is 4. The van der Waals surface area contributed by atoms with Crippen LogP contribution in [0.1, 0.15) is 11.1 Å². The molecule has 21 heavy (non-hydrogen) atoms. The predicted octanol–water partition coefficient (Wildman–Crippen LogP) is 4.19. The van der Waals surface area contributed by atoms with E-state index in [1.54, 1.807) is 12.1 Å². The van der Waals surface area contributed by atoms with Gasteiger partial charge in [0.1, 0.15) is 11.3 Å². The highest BCUT2D eigenvalue weighted by Crippen LogP contribution is 2.38. The third kappa shape index (κ3) is 4.18. The standard InChI is InChI=1S/C14H11BrF3NO2/c15-10-7-12(14(16,17)18)13(19-8-10)21-11-3-1-9(2-4-11)5-6-20/h1-4,7-8,20H,5-6H2. The number of aromatic nitrogens is 1. The first-order valence-electron chi connectivity index (χ1n) is 6.00. The molecule has 0 saturated carbocycles. The first-order valence-corrected chi connectivity index (χ1v) is 6.80. The lowest BCUT2D eigenvalue weighted by molar-refractivity contribution is -0.138. The SMILES string of the molecule is OCCc1ccc(Oc2ncc(Br)cc2C(F)(F)F)cc1. The lowest BCUT2D eigenvalue weighted by atomic mass is 10.1. The highest BCUT2D eigenvalue weighted by Gasteiger charge is 2.35. The van der Waals surface area contributed by atoms with Gasteiger partial charge in [0.2, 0.25) is 5.88 Å². The number of ether oxygens (including phenoxy) is 1. The molecule has 0 amide bonds. The fourth-order valence-corrected chi connectivity index (χ4v) is 2.01. The fraction of sp³-hybridized carbons (Fsp3) is 0.214. The molecule has 0 aliphatic rings. The van der Waals surface area contributed by atoms with Gasteiger partial charge in [-0.3, -0.25) is 0 Å². The van der Waals surface area contributed by atoms with Gasteiger partial charge in [-0.05, 0) is 46.1 Å². The van der Waals surface area contributed by atoms with Crippen LogP contribution in [0.4, 0.5) is 13.2 Å². The third-order valence-electron chi connectivity index (χ3n) is 2.66. The third-order valence-corrected chi connectivity index (χ3v) is 3.10. The van der Waals surface area contributed by atoms with Crippen LogP contribution in [0.25, 0.3) is 0 Å². The van der Waals surface area contributed by atoms with Crippen molar-refractivity contribution in [3.63, 3.8) is 0 Å². The van der Waals surface area contributed by atoms with Gasteiger partial charge in [0.05, 0.1) is 0 Å². The molecule has 3 nitrogen and oxygen atoms in total. The second-order valence-corrected chi connectivity index (χ2v) is 5.14. The second-order valence-electron chi connectivity index (χ2n) is 4.22. The molecule has 0 radical (unpaired) electrons.